The number of likely N-dealkylation sites (tertiary alicyclic amines) is 1. The Labute approximate surface area is 135 Å². The van der Waals surface area contributed by atoms with Crippen molar-refractivity contribution in [2.45, 2.75) is 24.7 Å². The van der Waals surface area contributed by atoms with Crippen molar-refractivity contribution in [3.8, 4) is 0 Å². The molecule has 0 saturated carbocycles. The van der Waals surface area contributed by atoms with Crippen molar-refractivity contribution in [2.24, 2.45) is 5.92 Å². The third kappa shape index (κ3) is 4.67. The maximum atomic E-state index is 12.2. The molecule has 2 rings (SSSR count). The first-order valence-corrected chi connectivity index (χ1v) is 9.43. The minimum absolute atomic E-state index is 0.232. The van der Waals surface area contributed by atoms with Crippen LogP contribution in [0.25, 0.3) is 0 Å². The standard InChI is InChI=1S/C14H22BrN3O2S/c1-11-4-7-18(8-5-11)9-6-17-21(19,20)12-2-3-14(16)13(15)10-12/h2-3,10-11,17H,4-9,16H2,1H3. The molecule has 5 nitrogen and oxygen atoms in total. The molecule has 118 valence electrons. The van der Waals surface area contributed by atoms with Gasteiger partial charge in [-0.05, 0) is 66.0 Å². The lowest BCUT2D eigenvalue weighted by molar-refractivity contribution is 0.195. The third-order valence-corrected chi connectivity index (χ3v) is 6.02. The summed E-state index contributed by atoms with van der Waals surface area (Å²) in [6.45, 7) is 5.55. The number of nitrogens with one attached hydrogen (secondary N) is 1. The van der Waals surface area contributed by atoms with Gasteiger partial charge < -0.3 is 10.6 Å². The van der Waals surface area contributed by atoms with Crippen molar-refractivity contribution in [3.05, 3.63) is 22.7 Å². The Morgan fingerprint density at radius 1 is 1.38 bits per heavy atom. The molecule has 0 radical (unpaired) electrons. The predicted molar refractivity (Wildman–Crippen MR) is 88.6 cm³/mol. The largest absolute Gasteiger partial charge is 0.398 e. The normalized spacial score (nSPS) is 18.0. The Bertz CT molecular complexity index is 584. The predicted octanol–water partition coefficient (Wildman–Crippen LogP) is 2.04. The molecule has 0 amide bonds. The summed E-state index contributed by atoms with van der Waals surface area (Å²) in [5.41, 5.74) is 6.20. The Morgan fingerprint density at radius 3 is 2.67 bits per heavy atom. The molecule has 21 heavy (non-hydrogen) atoms. The van der Waals surface area contributed by atoms with E-state index in [1.54, 1.807) is 6.07 Å². The van der Waals surface area contributed by atoms with E-state index < -0.39 is 10.0 Å². The highest BCUT2D eigenvalue weighted by molar-refractivity contribution is 9.10. The van der Waals surface area contributed by atoms with Gasteiger partial charge in [-0.3, -0.25) is 0 Å². The summed E-state index contributed by atoms with van der Waals surface area (Å²) in [5, 5.41) is 0. The maximum Gasteiger partial charge on any atom is 0.240 e. The van der Waals surface area contributed by atoms with E-state index in [-0.39, 0.29) is 4.90 Å². The lowest BCUT2D eigenvalue weighted by atomic mass is 9.99. The minimum Gasteiger partial charge on any atom is -0.398 e. The van der Waals surface area contributed by atoms with Gasteiger partial charge in [-0.15, -0.1) is 0 Å². The van der Waals surface area contributed by atoms with Gasteiger partial charge in [-0.1, -0.05) is 6.92 Å². The van der Waals surface area contributed by atoms with Crippen LogP contribution in [0.5, 0.6) is 0 Å². The first-order valence-electron chi connectivity index (χ1n) is 7.15. The fraction of sp³-hybridized carbons (Fsp3) is 0.571. The van der Waals surface area contributed by atoms with E-state index >= 15 is 0 Å². The number of halogens is 1. The Kier molecular flexibility index (Phi) is 5.65. The number of benzene rings is 1. The van der Waals surface area contributed by atoms with Gasteiger partial charge >= 0.3 is 0 Å². The van der Waals surface area contributed by atoms with Crippen molar-refractivity contribution < 1.29 is 8.42 Å². The first-order chi connectivity index (χ1) is 9.88. The van der Waals surface area contributed by atoms with Gasteiger partial charge in [0.15, 0.2) is 0 Å². The van der Waals surface area contributed by atoms with E-state index in [1.165, 1.54) is 25.0 Å². The second kappa shape index (κ2) is 7.09. The molecular weight excluding hydrogens is 354 g/mol. The molecule has 1 aliphatic heterocycles. The monoisotopic (exact) mass is 375 g/mol. The van der Waals surface area contributed by atoms with Crippen LogP contribution in [-0.2, 0) is 10.0 Å². The van der Waals surface area contributed by atoms with Crippen molar-refractivity contribution in [1.82, 2.24) is 9.62 Å². The molecule has 0 unspecified atom stereocenters. The summed E-state index contributed by atoms with van der Waals surface area (Å²) >= 11 is 3.25. The molecule has 1 aliphatic rings. The van der Waals surface area contributed by atoms with Gasteiger partial charge in [0, 0.05) is 23.2 Å². The first kappa shape index (κ1) is 16.7. The van der Waals surface area contributed by atoms with Gasteiger partial charge in [0.05, 0.1) is 4.90 Å². The summed E-state index contributed by atoms with van der Waals surface area (Å²) in [7, 11) is -3.47. The van der Waals surface area contributed by atoms with E-state index in [2.05, 4.69) is 32.5 Å². The van der Waals surface area contributed by atoms with Crippen LogP contribution in [0, 0.1) is 5.92 Å². The summed E-state index contributed by atoms with van der Waals surface area (Å²) in [5.74, 6) is 0.782. The number of nitrogen functional groups attached to an aromatic ring is 1. The molecule has 1 heterocycles. The zero-order chi connectivity index (χ0) is 15.5. The third-order valence-electron chi connectivity index (χ3n) is 3.88. The average Bonchev–Trinajstić information content (AvgIpc) is 2.44. The zero-order valence-electron chi connectivity index (χ0n) is 12.2. The highest BCUT2D eigenvalue weighted by atomic mass is 79.9. The molecule has 1 fully saturated rings. The SMILES string of the molecule is CC1CCN(CCNS(=O)(=O)c2ccc(N)c(Br)c2)CC1. The molecule has 0 aliphatic carbocycles. The van der Waals surface area contributed by atoms with E-state index in [1.807, 2.05) is 0 Å². The van der Waals surface area contributed by atoms with Crippen molar-refractivity contribution >= 4 is 31.6 Å². The van der Waals surface area contributed by atoms with Crippen LogP contribution < -0.4 is 10.5 Å². The average molecular weight is 376 g/mol. The second-order valence-corrected chi connectivity index (χ2v) is 8.23. The lowest BCUT2D eigenvalue weighted by Gasteiger charge is -2.30. The molecule has 1 aromatic rings. The van der Waals surface area contributed by atoms with Crippen LogP contribution in [0.15, 0.2) is 27.6 Å². The molecular formula is C14H22BrN3O2S. The van der Waals surface area contributed by atoms with Crippen LogP contribution in [0.2, 0.25) is 0 Å². The van der Waals surface area contributed by atoms with Crippen molar-refractivity contribution in [1.29, 1.82) is 0 Å². The summed E-state index contributed by atoms with van der Waals surface area (Å²) in [4.78, 5) is 2.54. The van der Waals surface area contributed by atoms with Gasteiger partial charge in [-0.2, -0.15) is 0 Å². The van der Waals surface area contributed by atoms with Gasteiger partial charge in [0.25, 0.3) is 0 Å². The second-order valence-electron chi connectivity index (χ2n) is 5.61. The molecule has 0 aromatic heterocycles. The van der Waals surface area contributed by atoms with Crippen LogP contribution in [0.1, 0.15) is 19.8 Å². The fourth-order valence-electron chi connectivity index (χ4n) is 2.38. The molecule has 7 heteroatoms. The van der Waals surface area contributed by atoms with Gasteiger partial charge in [0.1, 0.15) is 0 Å². The van der Waals surface area contributed by atoms with Crippen molar-refractivity contribution in [2.75, 3.05) is 31.9 Å². The lowest BCUT2D eigenvalue weighted by Crippen LogP contribution is -2.39. The van der Waals surface area contributed by atoms with Crippen LogP contribution in [0.4, 0.5) is 5.69 Å². The number of hydrogen-bond acceptors (Lipinski definition) is 4. The Morgan fingerprint density at radius 2 is 2.05 bits per heavy atom. The number of anilines is 1. The summed E-state index contributed by atoms with van der Waals surface area (Å²) < 4.78 is 27.6. The molecule has 3 N–H and O–H groups in total. The summed E-state index contributed by atoms with van der Waals surface area (Å²) in [6.07, 6.45) is 2.38. The smallest absolute Gasteiger partial charge is 0.240 e. The van der Waals surface area contributed by atoms with E-state index in [9.17, 15) is 8.42 Å². The van der Waals surface area contributed by atoms with E-state index in [0.717, 1.165) is 25.6 Å². The number of nitrogens with two attached hydrogens (primary N) is 1. The van der Waals surface area contributed by atoms with E-state index in [0.29, 0.717) is 16.7 Å². The Balaban J connectivity index is 1.88. The zero-order valence-corrected chi connectivity index (χ0v) is 14.6. The van der Waals surface area contributed by atoms with Crippen LogP contribution in [0.3, 0.4) is 0 Å². The number of hydrogen-bond donors (Lipinski definition) is 2. The van der Waals surface area contributed by atoms with Crippen molar-refractivity contribution in [3.63, 3.8) is 0 Å². The van der Waals surface area contributed by atoms with E-state index in [4.69, 9.17) is 5.73 Å². The Hall–Kier alpha value is -0.630. The molecule has 0 spiro atoms. The number of rotatable bonds is 5. The highest BCUT2D eigenvalue weighted by Crippen LogP contribution is 2.22. The molecule has 1 saturated heterocycles. The van der Waals surface area contributed by atoms with Gasteiger partial charge in [0.2, 0.25) is 10.0 Å². The summed E-state index contributed by atoms with van der Waals surface area (Å²) in [6, 6.07) is 4.63. The number of piperidine rings is 1. The molecule has 0 bridgehead atoms. The molecule has 0 atom stereocenters. The van der Waals surface area contributed by atoms with Crippen LogP contribution >= 0.6 is 15.9 Å². The molecule has 1 aromatic carbocycles. The topological polar surface area (TPSA) is 75.4 Å². The highest BCUT2D eigenvalue weighted by Gasteiger charge is 2.18. The minimum atomic E-state index is -3.47. The van der Waals surface area contributed by atoms with Gasteiger partial charge in [-0.25, -0.2) is 13.1 Å². The number of sulfonamides is 1. The van der Waals surface area contributed by atoms with Crippen LogP contribution in [-0.4, -0.2) is 39.5 Å². The fourth-order valence-corrected chi connectivity index (χ4v) is 3.96. The maximum absolute atomic E-state index is 12.2. The number of nitrogens with zero attached hydrogens (tertiary/aromatic N) is 1. The quantitative estimate of drug-likeness (QED) is 0.772.